The molecule has 3 rings (SSSR count). The summed E-state index contributed by atoms with van der Waals surface area (Å²) in [5, 5.41) is 0. The molecule has 0 bridgehead atoms. The van der Waals surface area contributed by atoms with E-state index in [-0.39, 0.29) is 11.5 Å². The molecule has 2 heterocycles. The first-order valence-electron chi connectivity index (χ1n) is 7.44. The van der Waals surface area contributed by atoms with E-state index >= 15 is 0 Å². The lowest BCUT2D eigenvalue weighted by molar-refractivity contribution is -0.0500. The van der Waals surface area contributed by atoms with E-state index in [4.69, 9.17) is 0 Å². The van der Waals surface area contributed by atoms with E-state index in [0.29, 0.717) is 30.2 Å². The minimum absolute atomic E-state index is 0.0855. The molecule has 4 nitrogen and oxygen atoms in total. The Hall–Kier alpha value is -1.35. The van der Waals surface area contributed by atoms with Gasteiger partial charge < -0.3 is 4.18 Å². The molecule has 0 radical (unpaired) electrons. The molecule has 1 aromatic rings. The summed E-state index contributed by atoms with van der Waals surface area (Å²) in [4.78, 5) is 2.15. The third-order valence-electron chi connectivity index (χ3n) is 4.50. The molecule has 1 aromatic carbocycles. The zero-order valence-electron chi connectivity index (χ0n) is 13.2. The van der Waals surface area contributed by atoms with Gasteiger partial charge in [0.25, 0.3) is 0 Å². The van der Waals surface area contributed by atoms with E-state index in [1.807, 2.05) is 0 Å². The lowest BCUT2D eigenvalue weighted by atomic mass is 9.87. The number of fused-ring (bicyclic) bond motifs is 2. The predicted molar refractivity (Wildman–Crippen MR) is 78.3 cm³/mol. The quantitative estimate of drug-likeness (QED) is 0.458. The first-order chi connectivity index (χ1) is 10.9. The second kappa shape index (κ2) is 5.32. The molecule has 9 heteroatoms. The summed E-state index contributed by atoms with van der Waals surface area (Å²) in [7, 11) is -5.81. The van der Waals surface area contributed by atoms with E-state index in [9.17, 15) is 26.0 Å². The Morgan fingerprint density at radius 1 is 1.29 bits per heavy atom. The lowest BCUT2D eigenvalue weighted by Gasteiger charge is -2.31. The van der Waals surface area contributed by atoms with Gasteiger partial charge in [0.05, 0.1) is 0 Å². The number of hydrogen-bond donors (Lipinski definition) is 0. The molecule has 0 amide bonds. The average Bonchev–Trinajstić information content (AvgIpc) is 2.67. The average molecular weight is 367 g/mol. The second-order valence-electron chi connectivity index (χ2n) is 7.16. The molecular formula is C15H17F4NO3S. The van der Waals surface area contributed by atoms with Gasteiger partial charge in [-0.25, -0.2) is 4.39 Å². The molecule has 2 aliphatic heterocycles. The van der Waals surface area contributed by atoms with Crippen LogP contribution in [-0.2, 0) is 23.1 Å². The SMILES string of the molecule is CC1(C)CC2Cc3cc(OS(=O)(=O)C(F)(F)F)cc(F)c3CN2C1. The molecule has 0 spiro atoms. The molecule has 2 aliphatic rings. The molecule has 0 saturated carbocycles. The summed E-state index contributed by atoms with van der Waals surface area (Å²) in [5.74, 6) is -1.39. The van der Waals surface area contributed by atoms with Gasteiger partial charge in [0.15, 0.2) is 0 Å². The molecule has 0 aromatic heterocycles. The standard InChI is InChI=1S/C15H17F4NO3S/c1-14(2)6-10-3-9-4-11(23-24(21,22)15(17,18)19)5-13(16)12(9)7-20(10)8-14/h4-5,10H,3,6-8H2,1-2H3. The van der Waals surface area contributed by atoms with Crippen LogP contribution in [-0.4, -0.2) is 31.4 Å². The van der Waals surface area contributed by atoms with Crippen molar-refractivity contribution >= 4 is 10.1 Å². The number of benzene rings is 1. The van der Waals surface area contributed by atoms with Gasteiger partial charge in [-0.3, -0.25) is 4.90 Å². The van der Waals surface area contributed by atoms with Crippen molar-refractivity contribution in [1.29, 1.82) is 0 Å². The highest BCUT2D eigenvalue weighted by molar-refractivity contribution is 7.88. The lowest BCUT2D eigenvalue weighted by Crippen LogP contribution is -2.36. The summed E-state index contributed by atoms with van der Waals surface area (Å²) in [6.45, 7) is 5.40. The molecule has 1 saturated heterocycles. The fraction of sp³-hybridized carbons (Fsp3) is 0.600. The normalized spacial score (nSPS) is 23.7. The zero-order chi connectivity index (χ0) is 17.9. The van der Waals surface area contributed by atoms with Crippen LogP contribution in [0.4, 0.5) is 17.6 Å². The van der Waals surface area contributed by atoms with Crippen molar-refractivity contribution in [2.24, 2.45) is 5.41 Å². The van der Waals surface area contributed by atoms with Crippen LogP contribution in [0.25, 0.3) is 0 Å². The number of halogens is 4. The highest BCUT2D eigenvalue weighted by atomic mass is 32.2. The Labute approximate surface area is 137 Å². The van der Waals surface area contributed by atoms with Gasteiger partial charge in [-0.1, -0.05) is 13.8 Å². The maximum atomic E-state index is 14.3. The van der Waals surface area contributed by atoms with Gasteiger partial charge in [0.2, 0.25) is 0 Å². The smallest absolute Gasteiger partial charge is 0.376 e. The molecule has 134 valence electrons. The fourth-order valence-corrected chi connectivity index (χ4v) is 4.04. The zero-order valence-corrected chi connectivity index (χ0v) is 14.0. The first-order valence-corrected chi connectivity index (χ1v) is 8.85. The topological polar surface area (TPSA) is 46.6 Å². The van der Waals surface area contributed by atoms with Crippen molar-refractivity contribution in [3.8, 4) is 5.75 Å². The third-order valence-corrected chi connectivity index (χ3v) is 5.48. The Morgan fingerprint density at radius 3 is 2.58 bits per heavy atom. The molecule has 24 heavy (non-hydrogen) atoms. The number of alkyl halides is 3. The fourth-order valence-electron chi connectivity index (χ4n) is 3.60. The number of hydrogen-bond acceptors (Lipinski definition) is 4. The summed E-state index contributed by atoms with van der Waals surface area (Å²) < 4.78 is 77.7. The summed E-state index contributed by atoms with van der Waals surface area (Å²) in [6.07, 6.45) is 1.35. The van der Waals surface area contributed by atoms with Crippen molar-refractivity contribution in [1.82, 2.24) is 4.90 Å². The molecule has 1 unspecified atom stereocenters. The van der Waals surface area contributed by atoms with Crippen molar-refractivity contribution in [3.05, 3.63) is 29.1 Å². The Morgan fingerprint density at radius 2 is 1.96 bits per heavy atom. The van der Waals surface area contributed by atoms with E-state index in [0.717, 1.165) is 13.0 Å². The monoisotopic (exact) mass is 367 g/mol. The van der Waals surface area contributed by atoms with Gasteiger partial charge in [-0.15, -0.1) is 0 Å². The minimum Gasteiger partial charge on any atom is -0.376 e. The molecule has 1 atom stereocenters. The number of rotatable bonds is 2. The van der Waals surface area contributed by atoms with Crippen LogP contribution in [0.3, 0.4) is 0 Å². The molecule has 0 N–H and O–H groups in total. The van der Waals surface area contributed by atoms with Crippen LogP contribution in [0.2, 0.25) is 0 Å². The van der Waals surface area contributed by atoms with Crippen molar-refractivity contribution in [3.63, 3.8) is 0 Å². The molecular weight excluding hydrogens is 350 g/mol. The summed E-state index contributed by atoms with van der Waals surface area (Å²) in [5.41, 5.74) is -4.57. The maximum Gasteiger partial charge on any atom is 0.534 e. The Kier molecular flexibility index (Phi) is 3.87. The second-order valence-corrected chi connectivity index (χ2v) is 8.70. The molecule has 0 aliphatic carbocycles. The van der Waals surface area contributed by atoms with Crippen LogP contribution < -0.4 is 4.18 Å². The summed E-state index contributed by atoms with van der Waals surface area (Å²) >= 11 is 0. The third kappa shape index (κ3) is 3.11. The highest BCUT2D eigenvalue weighted by Gasteiger charge is 2.49. The van der Waals surface area contributed by atoms with Gasteiger partial charge in [-0.05, 0) is 29.9 Å². The molecule has 1 fully saturated rings. The van der Waals surface area contributed by atoms with Crippen LogP contribution in [0, 0.1) is 11.2 Å². The van der Waals surface area contributed by atoms with Crippen LogP contribution >= 0.6 is 0 Å². The Balaban J connectivity index is 1.90. The van der Waals surface area contributed by atoms with Gasteiger partial charge in [0, 0.05) is 30.8 Å². The van der Waals surface area contributed by atoms with E-state index in [1.165, 1.54) is 6.07 Å². The van der Waals surface area contributed by atoms with Crippen LogP contribution in [0.1, 0.15) is 31.4 Å². The van der Waals surface area contributed by atoms with Crippen LogP contribution in [0.5, 0.6) is 5.75 Å². The number of nitrogens with zero attached hydrogens (tertiary/aromatic N) is 1. The largest absolute Gasteiger partial charge is 0.534 e. The van der Waals surface area contributed by atoms with Crippen molar-refractivity contribution < 1.29 is 30.2 Å². The first kappa shape index (κ1) is 17.5. The van der Waals surface area contributed by atoms with Gasteiger partial charge in [-0.2, -0.15) is 21.6 Å². The van der Waals surface area contributed by atoms with E-state index in [2.05, 4.69) is 22.9 Å². The summed E-state index contributed by atoms with van der Waals surface area (Å²) in [6, 6.07) is 2.06. The van der Waals surface area contributed by atoms with E-state index < -0.39 is 27.2 Å². The van der Waals surface area contributed by atoms with Crippen LogP contribution in [0.15, 0.2) is 12.1 Å². The van der Waals surface area contributed by atoms with Crippen molar-refractivity contribution in [2.75, 3.05) is 6.54 Å². The Bertz CT molecular complexity index is 774. The highest BCUT2D eigenvalue weighted by Crippen LogP contribution is 2.41. The minimum atomic E-state index is -5.81. The van der Waals surface area contributed by atoms with Crippen molar-refractivity contribution in [2.45, 2.75) is 44.8 Å². The van der Waals surface area contributed by atoms with Gasteiger partial charge >= 0.3 is 15.6 Å². The predicted octanol–water partition coefficient (Wildman–Crippen LogP) is 3.21. The van der Waals surface area contributed by atoms with Gasteiger partial charge in [0.1, 0.15) is 11.6 Å². The maximum absolute atomic E-state index is 14.3. The van der Waals surface area contributed by atoms with E-state index in [1.54, 1.807) is 0 Å².